The Morgan fingerprint density at radius 3 is 2.81 bits per heavy atom. The average Bonchev–Trinajstić information content (AvgIpc) is 2.90. The van der Waals surface area contributed by atoms with E-state index in [-0.39, 0.29) is 11.4 Å². The molecule has 1 aliphatic rings. The molecule has 1 fully saturated rings. The van der Waals surface area contributed by atoms with E-state index in [2.05, 4.69) is 27.6 Å². The van der Waals surface area contributed by atoms with Gasteiger partial charge in [0.1, 0.15) is 10.7 Å². The molecule has 21 heavy (non-hydrogen) atoms. The van der Waals surface area contributed by atoms with E-state index in [1.54, 1.807) is 0 Å². The fourth-order valence-corrected chi connectivity index (χ4v) is 3.39. The van der Waals surface area contributed by atoms with Gasteiger partial charge in [0.05, 0.1) is 0 Å². The van der Waals surface area contributed by atoms with E-state index in [0.717, 1.165) is 19.5 Å². The van der Waals surface area contributed by atoms with Crippen LogP contribution in [0.5, 0.6) is 0 Å². The largest absolute Gasteiger partial charge is 0.382 e. The summed E-state index contributed by atoms with van der Waals surface area (Å²) in [5.74, 6) is 0.703. The molecule has 4 N–H and O–H groups in total. The Hall–Kier alpha value is -1.34. The minimum atomic E-state index is -0.124. The molecule has 1 aliphatic heterocycles. The van der Waals surface area contributed by atoms with E-state index in [1.807, 2.05) is 20.8 Å². The van der Waals surface area contributed by atoms with Crippen LogP contribution in [0.4, 0.5) is 10.9 Å². The first-order chi connectivity index (χ1) is 9.74. The number of nitrogen functional groups attached to an aromatic ring is 1. The van der Waals surface area contributed by atoms with Gasteiger partial charge in [-0.3, -0.25) is 4.79 Å². The summed E-state index contributed by atoms with van der Waals surface area (Å²) in [6.07, 6.45) is 1.13. The van der Waals surface area contributed by atoms with Gasteiger partial charge in [0, 0.05) is 18.6 Å². The predicted octanol–water partition coefficient (Wildman–Crippen LogP) is 1.62. The fraction of sp³-hybridized carbons (Fsp3) is 0.714. The maximum absolute atomic E-state index is 12.2. The molecular formula is C14H25N5OS. The van der Waals surface area contributed by atoms with E-state index in [0.29, 0.717) is 28.3 Å². The Bertz CT molecular complexity index is 508. The number of nitrogens with zero attached hydrogens (tertiary/aromatic N) is 2. The van der Waals surface area contributed by atoms with E-state index >= 15 is 0 Å². The Kier molecular flexibility index (Phi) is 4.73. The van der Waals surface area contributed by atoms with Gasteiger partial charge in [-0.25, -0.2) is 4.98 Å². The number of likely N-dealkylation sites (tertiary alicyclic amines) is 1. The normalized spacial score (nSPS) is 19.7. The number of rotatable bonds is 4. The first kappa shape index (κ1) is 16.0. The zero-order chi connectivity index (χ0) is 15.6. The van der Waals surface area contributed by atoms with Gasteiger partial charge in [-0.05, 0) is 46.7 Å². The van der Waals surface area contributed by atoms with Crippen LogP contribution in [0.15, 0.2) is 0 Å². The third-order valence-corrected chi connectivity index (χ3v) is 4.37. The highest BCUT2D eigenvalue weighted by atomic mass is 32.1. The van der Waals surface area contributed by atoms with Crippen LogP contribution < -0.4 is 16.4 Å². The van der Waals surface area contributed by atoms with Crippen LogP contribution in [0.2, 0.25) is 0 Å². The molecule has 118 valence electrons. The number of amides is 1. The molecule has 1 unspecified atom stereocenters. The van der Waals surface area contributed by atoms with Crippen molar-refractivity contribution in [2.45, 2.75) is 32.7 Å². The first-order valence-corrected chi connectivity index (χ1v) is 8.07. The molecule has 0 aromatic carbocycles. The lowest BCUT2D eigenvalue weighted by atomic mass is 10.1. The molecule has 6 nitrogen and oxygen atoms in total. The molecule has 7 heteroatoms. The SMILES string of the molecule is CN1CCC(CNC(=O)c2sc(NC(C)(C)C)nc2N)C1. The summed E-state index contributed by atoms with van der Waals surface area (Å²) in [6, 6.07) is 0. The number of hydrogen-bond donors (Lipinski definition) is 3. The number of anilines is 2. The summed E-state index contributed by atoms with van der Waals surface area (Å²) in [6.45, 7) is 8.96. The molecule has 2 rings (SSSR count). The van der Waals surface area contributed by atoms with Gasteiger partial charge in [-0.2, -0.15) is 0 Å². The highest BCUT2D eigenvalue weighted by Crippen LogP contribution is 2.27. The van der Waals surface area contributed by atoms with Gasteiger partial charge in [-0.1, -0.05) is 11.3 Å². The van der Waals surface area contributed by atoms with E-state index in [4.69, 9.17) is 5.73 Å². The highest BCUT2D eigenvalue weighted by molar-refractivity contribution is 7.18. The first-order valence-electron chi connectivity index (χ1n) is 7.26. The lowest BCUT2D eigenvalue weighted by Crippen LogP contribution is -2.30. The number of hydrogen-bond acceptors (Lipinski definition) is 6. The smallest absolute Gasteiger partial charge is 0.265 e. The standard InChI is InChI=1S/C14H25N5OS/c1-14(2,3)18-13-17-11(15)10(21-13)12(20)16-7-9-5-6-19(4)8-9/h9H,5-8,15H2,1-4H3,(H,16,20)(H,17,18). The molecule has 0 bridgehead atoms. The summed E-state index contributed by atoms with van der Waals surface area (Å²) in [5, 5.41) is 6.90. The second-order valence-corrected chi connectivity index (χ2v) is 7.73. The average molecular weight is 311 g/mol. The molecule has 1 amide bonds. The maximum atomic E-state index is 12.2. The van der Waals surface area contributed by atoms with Crippen molar-refractivity contribution >= 4 is 28.2 Å². The number of nitrogens with two attached hydrogens (primary N) is 1. The summed E-state index contributed by atoms with van der Waals surface area (Å²) in [7, 11) is 2.10. The highest BCUT2D eigenvalue weighted by Gasteiger charge is 2.22. The van der Waals surface area contributed by atoms with Crippen molar-refractivity contribution in [2.24, 2.45) is 5.92 Å². The number of carbonyl (C=O) groups excluding carboxylic acids is 1. The Labute approximate surface area is 130 Å². The van der Waals surface area contributed by atoms with Gasteiger partial charge >= 0.3 is 0 Å². The summed E-state index contributed by atoms with van der Waals surface area (Å²) >= 11 is 1.31. The van der Waals surface area contributed by atoms with Crippen molar-refractivity contribution in [3.05, 3.63) is 4.88 Å². The van der Waals surface area contributed by atoms with Gasteiger partial charge in [0.2, 0.25) is 0 Å². The van der Waals surface area contributed by atoms with Crippen molar-refractivity contribution in [3.8, 4) is 0 Å². The maximum Gasteiger partial charge on any atom is 0.265 e. The van der Waals surface area contributed by atoms with Gasteiger partial charge < -0.3 is 21.3 Å². The molecule has 1 atom stereocenters. The van der Waals surface area contributed by atoms with Crippen LogP contribution in [0.1, 0.15) is 36.9 Å². The number of carbonyl (C=O) groups is 1. The molecule has 0 radical (unpaired) electrons. The van der Waals surface area contributed by atoms with Crippen LogP contribution in [0.3, 0.4) is 0 Å². The van der Waals surface area contributed by atoms with E-state index in [1.165, 1.54) is 11.3 Å². The zero-order valence-corrected chi connectivity index (χ0v) is 14.0. The van der Waals surface area contributed by atoms with E-state index < -0.39 is 0 Å². The minimum Gasteiger partial charge on any atom is -0.382 e. The molecule has 0 saturated carbocycles. The Balaban J connectivity index is 1.93. The summed E-state index contributed by atoms with van der Waals surface area (Å²) in [5.41, 5.74) is 5.75. The number of aromatic nitrogens is 1. The second kappa shape index (κ2) is 6.19. The molecule has 0 spiro atoms. The molecule has 0 aliphatic carbocycles. The molecule has 2 heterocycles. The molecule has 1 saturated heterocycles. The topological polar surface area (TPSA) is 83.3 Å². The quantitative estimate of drug-likeness (QED) is 0.787. The van der Waals surface area contributed by atoms with E-state index in [9.17, 15) is 4.79 Å². The van der Waals surface area contributed by atoms with Gasteiger partial charge in [0.15, 0.2) is 5.13 Å². The number of thiazole rings is 1. The summed E-state index contributed by atoms with van der Waals surface area (Å²) < 4.78 is 0. The third kappa shape index (κ3) is 4.57. The van der Waals surface area contributed by atoms with Crippen molar-refractivity contribution < 1.29 is 4.79 Å². The predicted molar refractivity (Wildman–Crippen MR) is 87.8 cm³/mol. The lowest BCUT2D eigenvalue weighted by Gasteiger charge is -2.19. The van der Waals surface area contributed by atoms with Crippen LogP contribution >= 0.6 is 11.3 Å². The monoisotopic (exact) mass is 311 g/mol. The van der Waals surface area contributed by atoms with Crippen molar-refractivity contribution in [2.75, 3.05) is 37.7 Å². The van der Waals surface area contributed by atoms with Crippen LogP contribution in [-0.4, -0.2) is 48.0 Å². The van der Waals surface area contributed by atoms with Crippen LogP contribution in [-0.2, 0) is 0 Å². The third-order valence-electron chi connectivity index (χ3n) is 3.38. The Morgan fingerprint density at radius 1 is 1.52 bits per heavy atom. The van der Waals surface area contributed by atoms with Gasteiger partial charge in [0.25, 0.3) is 5.91 Å². The van der Waals surface area contributed by atoms with Crippen molar-refractivity contribution in [3.63, 3.8) is 0 Å². The zero-order valence-electron chi connectivity index (χ0n) is 13.2. The molecule has 1 aromatic rings. The van der Waals surface area contributed by atoms with Crippen molar-refractivity contribution in [1.82, 2.24) is 15.2 Å². The van der Waals surface area contributed by atoms with Gasteiger partial charge in [-0.15, -0.1) is 0 Å². The molecule has 1 aromatic heterocycles. The van der Waals surface area contributed by atoms with Crippen molar-refractivity contribution in [1.29, 1.82) is 0 Å². The fourth-order valence-electron chi connectivity index (χ4n) is 2.38. The lowest BCUT2D eigenvalue weighted by molar-refractivity contribution is 0.0952. The number of nitrogens with one attached hydrogen (secondary N) is 2. The molecular weight excluding hydrogens is 286 g/mol. The Morgan fingerprint density at radius 2 is 2.24 bits per heavy atom. The van der Waals surface area contributed by atoms with Crippen LogP contribution in [0, 0.1) is 5.92 Å². The summed E-state index contributed by atoms with van der Waals surface area (Å²) in [4.78, 5) is 19.2. The van der Waals surface area contributed by atoms with Crippen LogP contribution in [0.25, 0.3) is 0 Å². The second-order valence-electron chi connectivity index (χ2n) is 6.74. The minimum absolute atomic E-state index is 0.105.